The Bertz CT molecular complexity index is 987. The van der Waals surface area contributed by atoms with Crippen molar-refractivity contribution in [1.29, 1.82) is 0 Å². The van der Waals surface area contributed by atoms with Gasteiger partial charge in [0.2, 0.25) is 11.0 Å². The van der Waals surface area contributed by atoms with Gasteiger partial charge in [-0.2, -0.15) is 4.37 Å². The summed E-state index contributed by atoms with van der Waals surface area (Å²) in [7, 11) is 1.81. The molecule has 1 fully saturated rings. The van der Waals surface area contributed by atoms with Gasteiger partial charge in [0.15, 0.2) is 5.96 Å². The van der Waals surface area contributed by atoms with Crippen molar-refractivity contribution in [2.45, 2.75) is 26.8 Å². The Morgan fingerprint density at radius 2 is 1.93 bits per heavy atom. The van der Waals surface area contributed by atoms with E-state index in [4.69, 9.17) is 4.42 Å². The zero-order valence-corrected chi connectivity index (χ0v) is 18.4. The van der Waals surface area contributed by atoms with E-state index >= 15 is 0 Å². The predicted molar refractivity (Wildman–Crippen MR) is 120 cm³/mol. The lowest BCUT2D eigenvalue weighted by atomic mass is 10.1. The van der Waals surface area contributed by atoms with E-state index in [9.17, 15) is 0 Å². The molecule has 0 radical (unpaired) electrons. The number of piperazine rings is 1. The fraction of sp³-hybridized carbons (Fsp3) is 0.429. The van der Waals surface area contributed by atoms with Crippen molar-refractivity contribution in [2.24, 2.45) is 4.99 Å². The number of nitrogens with zero attached hydrogens (tertiary/aromatic N) is 6. The Hall–Kier alpha value is -2.94. The zero-order chi connectivity index (χ0) is 20.9. The molecule has 4 rings (SSSR count). The number of hydrogen-bond acceptors (Lipinski definition) is 7. The normalized spacial score (nSPS) is 15.0. The first-order chi connectivity index (χ1) is 14.7. The lowest BCUT2D eigenvalue weighted by Gasteiger charge is -2.36. The molecule has 9 heteroatoms. The first kappa shape index (κ1) is 20.3. The summed E-state index contributed by atoms with van der Waals surface area (Å²) in [4.78, 5) is 18.2. The minimum absolute atomic E-state index is 0.568. The second-order valence-electron chi connectivity index (χ2n) is 7.23. The van der Waals surface area contributed by atoms with E-state index in [1.807, 2.05) is 19.2 Å². The van der Waals surface area contributed by atoms with E-state index in [1.54, 1.807) is 6.26 Å². The summed E-state index contributed by atoms with van der Waals surface area (Å²) in [5.41, 5.74) is 3.05. The third-order valence-electron chi connectivity index (χ3n) is 5.11. The fourth-order valence-corrected chi connectivity index (χ4v) is 4.15. The van der Waals surface area contributed by atoms with Crippen molar-refractivity contribution in [3.8, 4) is 11.5 Å². The Labute approximate surface area is 180 Å². The highest BCUT2D eigenvalue weighted by molar-refractivity contribution is 7.09. The van der Waals surface area contributed by atoms with Gasteiger partial charge in [-0.05, 0) is 19.1 Å². The van der Waals surface area contributed by atoms with Crippen LogP contribution in [-0.2, 0) is 13.0 Å². The second-order valence-corrected chi connectivity index (χ2v) is 7.96. The van der Waals surface area contributed by atoms with Gasteiger partial charge in [0, 0.05) is 56.7 Å². The first-order valence-corrected chi connectivity index (χ1v) is 11.0. The van der Waals surface area contributed by atoms with E-state index in [1.165, 1.54) is 17.1 Å². The van der Waals surface area contributed by atoms with Gasteiger partial charge < -0.3 is 19.5 Å². The standard InChI is InChI=1S/C21H27N7OS/c1-4-18-25-21(30-26-18)28-11-9-27(10-12-28)20(22-3)23-13-17-14-29-19(24-17)16-7-5-15(2)6-8-16/h5-8,14H,4,9-13H2,1-3H3,(H,22,23). The molecule has 0 bridgehead atoms. The highest BCUT2D eigenvalue weighted by Gasteiger charge is 2.22. The molecule has 1 aliphatic heterocycles. The van der Waals surface area contributed by atoms with Crippen molar-refractivity contribution < 1.29 is 4.42 Å². The Kier molecular flexibility index (Phi) is 6.27. The molecule has 1 N–H and O–H groups in total. The van der Waals surface area contributed by atoms with Crippen LogP contribution in [0.5, 0.6) is 0 Å². The number of aromatic nitrogens is 3. The molecular weight excluding hydrogens is 398 g/mol. The Balaban J connectivity index is 1.31. The van der Waals surface area contributed by atoms with Gasteiger partial charge in [-0.25, -0.2) is 9.97 Å². The number of guanidine groups is 1. The molecule has 0 spiro atoms. The number of aliphatic imine (C=N–C) groups is 1. The van der Waals surface area contributed by atoms with Crippen LogP contribution in [0.15, 0.2) is 39.9 Å². The van der Waals surface area contributed by atoms with E-state index in [0.717, 1.165) is 60.8 Å². The molecule has 8 nitrogen and oxygen atoms in total. The van der Waals surface area contributed by atoms with Crippen LogP contribution >= 0.6 is 11.5 Å². The summed E-state index contributed by atoms with van der Waals surface area (Å²) >= 11 is 1.49. The summed E-state index contributed by atoms with van der Waals surface area (Å²) in [5, 5.41) is 4.42. The quantitative estimate of drug-likeness (QED) is 0.497. The maximum atomic E-state index is 5.65. The van der Waals surface area contributed by atoms with Crippen LogP contribution < -0.4 is 10.2 Å². The molecule has 0 atom stereocenters. The molecule has 3 heterocycles. The number of rotatable bonds is 5. The summed E-state index contributed by atoms with van der Waals surface area (Å²) in [6.45, 7) is 8.29. The van der Waals surface area contributed by atoms with E-state index in [0.29, 0.717) is 12.4 Å². The van der Waals surface area contributed by atoms with Crippen molar-refractivity contribution in [2.75, 3.05) is 38.1 Å². The number of benzene rings is 1. The number of aryl methyl sites for hydroxylation is 2. The summed E-state index contributed by atoms with van der Waals surface area (Å²) in [6, 6.07) is 8.17. The fourth-order valence-electron chi connectivity index (χ4n) is 3.35. The maximum absolute atomic E-state index is 5.65. The van der Waals surface area contributed by atoms with Crippen LogP contribution in [0.4, 0.5) is 5.13 Å². The molecule has 0 saturated carbocycles. The predicted octanol–water partition coefficient (Wildman–Crippen LogP) is 2.96. The molecule has 1 saturated heterocycles. The van der Waals surface area contributed by atoms with E-state index in [2.05, 4.69) is 60.4 Å². The lowest BCUT2D eigenvalue weighted by Crippen LogP contribution is -2.52. The van der Waals surface area contributed by atoms with Crippen molar-refractivity contribution in [1.82, 2.24) is 24.6 Å². The molecule has 0 unspecified atom stereocenters. The van der Waals surface area contributed by atoms with Gasteiger partial charge >= 0.3 is 0 Å². The summed E-state index contributed by atoms with van der Waals surface area (Å²) < 4.78 is 10.0. The average molecular weight is 426 g/mol. The number of anilines is 1. The molecule has 1 aliphatic rings. The molecule has 0 aliphatic carbocycles. The summed E-state index contributed by atoms with van der Waals surface area (Å²) in [6.07, 6.45) is 2.58. The van der Waals surface area contributed by atoms with Crippen LogP contribution in [0.3, 0.4) is 0 Å². The molecule has 2 aromatic heterocycles. The third-order valence-corrected chi connectivity index (χ3v) is 5.93. The number of nitrogens with one attached hydrogen (secondary N) is 1. The van der Waals surface area contributed by atoms with Gasteiger partial charge in [0.25, 0.3) is 0 Å². The van der Waals surface area contributed by atoms with Gasteiger partial charge in [0.1, 0.15) is 12.1 Å². The average Bonchev–Trinajstić information content (AvgIpc) is 3.45. The van der Waals surface area contributed by atoms with Crippen molar-refractivity contribution in [3.63, 3.8) is 0 Å². The lowest BCUT2D eigenvalue weighted by molar-refractivity contribution is 0.372. The van der Waals surface area contributed by atoms with Crippen LogP contribution in [0, 0.1) is 6.92 Å². The van der Waals surface area contributed by atoms with Crippen molar-refractivity contribution in [3.05, 3.63) is 47.6 Å². The highest BCUT2D eigenvalue weighted by Crippen LogP contribution is 2.20. The number of oxazole rings is 1. The van der Waals surface area contributed by atoms with Gasteiger partial charge in [0.05, 0.1) is 12.2 Å². The van der Waals surface area contributed by atoms with Crippen LogP contribution in [0.2, 0.25) is 0 Å². The number of hydrogen-bond donors (Lipinski definition) is 1. The van der Waals surface area contributed by atoms with E-state index in [-0.39, 0.29) is 0 Å². The molecule has 30 heavy (non-hydrogen) atoms. The summed E-state index contributed by atoms with van der Waals surface area (Å²) in [5.74, 6) is 2.44. The zero-order valence-electron chi connectivity index (χ0n) is 17.6. The Morgan fingerprint density at radius 3 is 2.60 bits per heavy atom. The monoisotopic (exact) mass is 425 g/mol. The Morgan fingerprint density at radius 1 is 1.17 bits per heavy atom. The van der Waals surface area contributed by atoms with Crippen LogP contribution in [0.25, 0.3) is 11.5 Å². The molecule has 3 aromatic rings. The first-order valence-electron chi connectivity index (χ1n) is 10.2. The minimum Gasteiger partial charge on any atom is -0.444 e. The smallest absolute Gasteiger partial charge is 0.226 e. The van der Waals surface area contributed by atoms with Crippen LogP contribution in [-0.4, -0.2) is 58.4 Å². The molecule has 1 aromatic carbocycles. The SMILES string of the molecule is CCc1nsc(N2CCN(C(=NC)NCc3coc(-c4ccc(C)cc4)n3)CC2)n1. The van der Waals surface area contributed by atoms with E-state index < -0.39 is 0 Å². The minimum atomic E-state index is 0.568. The topological polar surface area (TPSA) is 82.7 Å². The van der Waals surface area contributed by atoms with Gasteiger partial charge in [-0.1, -0.05) is 24.6 Å². The molecule has 158 valence electrons. The molecule has 0 amide bonds. The van der Waals surface area contributed by atoms with Crippen LogP contribution in [0.1, 0.15) is 24.0 Å². The highest BCUT2D eigenvalue weighted by atomic mass is 32.1. The maximum Gasteiger partial charge on any atom is 0.226 e. The molecular formula is C21H27N7OS. The third kappa shape index (κ3) is 4.62. The van der Waals surface area contributed by atoms with Crippen molar-refractivity contribution >= 4 is 22.6 Å². The van der Waals surface area contributed by atoms with Gasteiger partial charge in [-0.15, -0.1) is 0 Å². The largest absolute Gasteiger partial charge is 0.444 e. The second kappa shape index (κ2) is 9.25. The van der Waals surface area contributed by atoms with Gasteiger partial charge in [-0.3, -0.25) is 4.99 Å².